The molecule has 1 aliphatic rings. The standard InChI is InChI=1S/C33H40N2O2/c1-24-14-17-28(18-15-24)23-35(32(36)22-29-19-16-25(2)26(3)20-29)31(21-27-10-6-4-7-11-27)33(37)34-30-12-8-5-9-13-30/h4,6-7,10-11,14-20,30-31H,5,8-9,12-13,21-23H2,1-3H3,(H,34,37). The van der Waals surface area contributed by atoms with Gasteiger partial charge in [-0.1, -0.05) is 97.6 Å². The Bertz CT molecular complexity index is 1180. The zero-order chi connectivity index (χ0) is 26.2. The van der Waals surface area contributed by atoms with Gasteiger partial charge >= 0.3 is 0 Å². The maximum Gasteiger partial charge on any atom is 0.243 e. The summed E-state index contributed by atoms with van der Waals surface area (Å²) in [5.74, 6) is -0.0696. The third-order valence-electron chi connectivity index (χ3n) is 7.62. The van der Waals surface area contributed by atoms with Gasteiger partial charge in [0.25, 0.3) is 0 Å². The van der Waals surface area contributed by atoms with E-state index in [2.05, 4.69) is 62.5 Å². The maximum absolute atomic E-state index is 14.0. The third kappa shape index (κ3) is 7.55. The highest BCUT2D eigenvalue weighted by Gasteiger charge is 2.32. The second-order valence-corrected chi connectivity index (χ2v) is 10.7. The highest BCUT2D eigenvalue weighted by molar-refractivity contribution is 5.89. The van der Waals surface area contributed by atoms with Gasteiger partial charge in [-0.05, 0) is 61.4 Å². The number of hydrogen-bond acceptors (Lipinski definition) is 2. The van der Waals surface area contributed by atoms with E-state index >= 15 is 0 Å². The first-order valence-electron chi connectivity index (χ1n) is 13.6. The molecule has 0 aliphatic heterocycles. The summed E-state index contributed by atoms with van der Waals surface area (Å²) in [6.45, 7) is 6.61. The van der Waals surface area contributed by atoms with Gasteiger partial charge in [-0.25, -0.2) is 0 Å². The van der Waals surface area contributed by atoms with Crippen molar-refractivity contribution in [1.82, 2.24) is 10.2 Å². The van der Waals surface area contributed by atoms with E-state index in [9.17, 15) is 9.59 Å². The van der Waals surface area contributed by atoms with E-state index in [1.807, 2.05) is 41.3 Å². The highest BCUT2D eigenvalue weighted by atomic mass is 16.2. The van der Waals surface area contributed by atoms with Gasteiger partial charge in [-0.2, -0.15) is 0 Å². The molecule has 2 amide bonds. The van der Waals surface area contributed by atoms with Crippen molar-refractivity contribution in [3.05, 3.63) is 106 Å². The number of nitrogens with zero attached hydrogens (tertiary/aromatic N) is 1. The summed E-state index contributed by atoms with van der Waals surface area (Å²) in [7, 11) is 0. The van der Waals surface area contributed by atoms with Crippen LogP contribution < -0.4 is 5.32 Å². The van der Waals surface area contributed by atoms with Gasteiger partial charge in [0, 0.05) is 19.0 Å². The minimum atomic E-state index is -0.579. The quantitative estimate of drug-likeness (QED) is 0.381. The van der Waals surface area contributed by atoms with Crippen LogP contribution in [0.4, 0.5) is 0 Å². The molecule has 1 N–H and O–H groups in total. The number of benzene rings is 3. The topological polar surface area (TPSA) is 49.4 Å². The molecule has 1 unspecified atom stereocenters. The summed E-state index contributed by atoms with van der Waals surface area (Å²) in [5.41, 5.74) is 6.62. The monoisotopic (exact) mass is 496 g/mol. The fourth-order valence-corrected chi connectivity index (χ4v) is 5.18. The van der Waals surface area contributed by atoms with E-state index < -0.39 is 6.04 Å². The number of carbonyl (C=O) groups excluding carboxylic acids is 2. The zero-order valence-corrected chi connectivity index (χ0v) is 22.5. The molecule has 1 saturated carbocycles. The summed E-state index contributed by atoms with van der Waals surface area (Å²) < 4.78 is 0. The molecule has 0 aromatic heterocycles. The first-order chi connectivity index (χ1) is 17.9. The van der Waals surface area contributed by atoms with Crippen LogP contribution in [-0.4, -0.2) is 28.8 Å². The predicted octanol–water partition coefficient (Wildman–Crippen LogP) is 6.24. The predicted molar refractivity (Wildman–Crippen MR) is 150 cm³/mol. The Balaban J connectivity index is 1.65. The molecule has 4 heteroatoms. The van der Waals surface area contributed by atoms with Gasteiger partial charge in [-0.15, -0.1) is 0 Å². The molecular formula is C33H40N2O2. The third-order valence-corrected chi connectivity index (χ3v) is 7.62. The Kier molecular flexibility index (Phi) is 9.16. The molecule has 4 rings (SSSR count). The number of nitrogens with one attached hydrogen (secondary N) is 1. The molecule has 4 nitrogen and oxygen atoms in total. The SMILES string of the molecule is Cc1ccc(CN(C(=O)Cc2ccc(C)c(C)c2)C(Cc2ccccc2)C(=O)NC2CCCCC2)cc1. The Hall–Kier alpha value is -3.40. The van der Waals surface area contributed by atoms with Crippen molar-refractivity contribution in [2.24, 2.45) is 0 Å². The molecule has 3 aromatic rings. The number of carbonyl (C=O) groups is 2. The van der Waals surface area contributed by atoms with Crippen LogP contribution >= 0.6 is 0 Å². The summed E-state index contributed by atoms with van der Waals surface area (Å²) in [6.07, 6.45) is 6.31. The van der Waals surface area contributed by atoms with Gasteiger partial charge in [-0.3, -0.25) is 9.59 Å². The maximum atomic E-state index is 14.0. The Morgan fingerprint density at radius 1 is 0.811 bits per heavy atom. The van der Waals surface area contributed by atoms with Crippen LogP contribution in [0.3, 0.4) is 0 Å². The summed E-state index contributed by atoms with van der Waals surface area (Å²) >= 11 is 0. The van der Waals surface area contributed by atoms with Gasteiger partial charge in [0.05, 0.1) is 6.42 Å². The van der Waals surface area contributed by atoms with Gasteiger partial charge in [0.15, 0.2) is 0 Å². The van der Waals surface area contributed by atoms with E-state index in [4.69, 9.17) is 0 Å². The van der Waals surface area contributed by atoms with E-state index in [1.165, 1.54) is 23.1 Å². The summed E-state index contributed by atoms with van der Waals surface area (Å²) in [5, 5.41) is 3.32. The van der Waals surface area contributed by atoms with E-state index in [-0.39, 0.29) is 24.3 Å². The molecule has 37 heavy (non-hydrogen) atoms. The second-order valence-electron chi connectivity index (χ2n) is 10.7. The van der Waals surface area contributed by atoms with Crippen molar-refractivity contribution < 1.29 is 9.59 Å². The van der Waals surface area contributed by atoms with E-state index in [0.717, 1.165) is 42.4 Å². The molecule has 1 atom stereocenters. The molecule has 1 aliphatic carbocycles. The van der Waals surface area contributed by atoms with Crippen LogP contribution in [0, 0.1) is 20.8 Å². The van der Waals surface area contributed by atoms with E-state index in [0.29, 0.717) is 13.0 Å². The van der Waals surface area contributed by atoms with Crippen LogP contribution in [-0.2, 0) is 29.0 Å². The Morgan fingerprint density at radius 3 is 2.16 bits per heavy atom. The molecule has 0 spiro atoms. The van der Waals surface area contributed by atoms with Crippen molar-refractivity contribution in [2.75, 3.05) is 0 Å². The van der Waals surface area contributed by atoms with Crippen molar-refractivity contribution in [2.45, 2.75) is 84.3 Å². The number of rotatable bonds is 9. The van der Waals surface area contributed by atoms with Crippen LogP contribution in [0.25, 0.3) is 0 Å². The Morgan fingerprint density at radius 2 is 1.49 bits per heavy atom. The van der Waals surface area contributed by atoms with Gasteiger partial charge in [0.1, 0.15) is 6.04 Å². The first-order valence-corrected chi connectivity index (χ1v) is 13.6. The lowest BCUT2D eigenvalue weighted by atomic mass is 9.94. The highest BCUT2D eigenvalue weighted by Crippen LogP contribution is 2.21. The minimum absolute atomic E-state index is 0.0245. The molecule has 0 saturated heterocycles. The van der Waals surface area contributed by atoms with Gasteiger partial charge in [0.2, 0.25) is 11.8 Å². The van der Waals surface area contributed by atoms with Crippen molar-refractivity contribution in [1.29, 1.82) is 0 Å². The molecule has 1 fully saturated rings. The molecule has 194 valence electrons. The lowest BCUT2D eigenvalue weighted by Gasteiger charge is -2.33. The summed E-state index contributed by atoms with van der Waals surface area (Å²) in [6, 6.07) is 24.1. The van der Waals surface area contributed by atoms with Crippen molar-refractivity contribution in [3.8, 4) is 0 Å². The zero-order valence-electron chi connectivity index (χ0n) is 22.5. The minimum Gasteiger partial charge on any atom is -0.352 e. The molecule has 0 heterocycles. The normalized spacial score (nSPS) is 14.7. The fraction of sp³-hybridized carbons (Fsp3) is 0.394. The summed E-state index contributed by atoms with van der Waals surface area (Å²) in [4.78, 5) is 29.6. The Labute approximate surface area is 222 Å². The number of hydrogen-bond donors (Lipinski definition) is 1. The lowest BCUT2D eigenvalue weighted by Crippen LogP contribution is -2.53. The largest absolute Gasteiger partial charge is 0.352 e. The van der Waals surface area contributed by atoms with Crippen molar-refractivity contribution >= 4 is 11.8 Å². The smallest absolute Gasteiger partial charge is 0.243 e. The average Bonchev–Trinajstić information content (AvgIpc) is 2.90. The van der Waals surface area contributed by atoms with Crippen LogP contribution in [0.1, 0.15) is 65.5 Å². The molecule has 3 aromatic carbocycles. The number of amides is 2. The average molecular weight is 497 g/mol. The van der Waals surface area contributed by atoms with Crippen LogP contribution in [0.2, 0.25) is 0 Å². The number of aryl methyl sites for hydroxylation is 3. The van der Waals surface area contributed by atoms with Crippen LogP contribution in [0.15, 0.2) is 72.8 Å². The lowest BCUT2D eigenvalue weighted by molar-refractivity contribution is -0.141. The fourth-order valence-electron chi connectivity index (χ4n) is 5.18. The van der Waals surface area contributed by atoms with E-state index in [1.54, 1.807) is 0 Å². The van der Waals surface area contributed by atoms with Crippen molar-refractivity contribution in [3.63, 3.8) is 0 Å². The van der Waals surface area contributed by atoms with Gasteiger partial charge < -0.3 is 10.2 Å². The first kappa shape index (κ1) is 26.7. The van der Waals surface area contributed by atoms with Crippen LogP contribution in [0.5, 0.6) is 0 Å². The molecule has 0 radical (unpaired) electrons. The second kappa shape index (κ2) is 12.7. The molecule has 0 bridgehead atoms. The molecular weight excluding hydrogens is 456 g/mol.